The lowest BCUT2D eigenvalue weighted by molar-refractivity contribution is 0.412. The summed E-state index contributed by atoms with van der Waals surface area (Å²) in [5, 5.41) is 0.784. The minimum Gasteiger partial charge on any atom is -0.326 e. The van der Waals surface area contributed by atoms with E-state index in [2.05, 4.69) is 4.72 Å². The molecular formula is C15H20N2O2S2. The molecule has 3 N–H and O–H groups in total. The van der Waals surface area contributed by atoms with Gasteiger partial charge < -0.3 is 5.73 Å². The molecule has 4 nitrogen and oxygen atoms in total. The average molecular weight is 324 g/mol. The fourth-order valence-electron chi connectivity index (χ4n) is 3.00. The summed E-state index contributed by atoms with van der Waals surface area (Å²) in [5.74, 6) is 0. The van der Waals surface area contributed by atoms with Crippen LogP contribution in [0.4, 0.5) is 0 Å². The van der Waals surface area contributed by atoms with Crippen LogP contribution in [-0.4, -0.2) is 14.5 Å². The van der Waals surface area contributed by atoms with E-state index in [1.54, 1.807) is 0 Å². The quantitative estimate of drug-likeness (QED) is 0.908. The van der Waals surface area contributed by atoms with Crippen molar-refractivity contribution in [1.82, 2.24) is 4.72 Å². The molecule has 0 spiro atoms. The summed E-state index contributed by atoms with van der Waals surface area (Å²) in [4.78, 5) is 1.12. The number of nitrogens with two attached hydrogens (primary N) is 1. The maximum atomic E-state index is 12.8. The van der Waals surface area contributed by atoms with Crippen LogP contribution in [0, 0.1) is 0 Å². The van der Waals surface area contributed by atoms with Crippen molar-refractivity contribution in [3.8, 4) is 0 Å². The molecule has 1 aliphatic rings. The highest BCUT2D eigenvalue weighted by atomic mass is 32.2. The molecule has 1 fully saturated rings. The highest BCUT2D eigenvalue weighted by Gasteiger charge is 2.27. The summed E-state index contributed by atoms with van der Waals surface area (Å²) < 4.78 is 29.5. The van der Waals surface area contributed by atoms with Crippen LogP contribution in [0.15, 0.2) is 29.2 Å². The van der Waals surface area contributed by atoms with E-state index in [-0.39, 0.29) is 12.6 Å². The van der Waals surface area contributed by atoms with Crippen LogP contribution in [-0.2, 0) is 16.6 Å². The maximum absolute atomic E-state index is 12.8. The van der Waals surface area contributed by atoms with Crippen molar-refractivity contribution in [1.29, 1.82) is 0 Å². The molecule has 114 valence electrons. The van der Waals surface area contributed by atoms with Crippen molar-refractivity contribution in [3.63, 3.8) is 0 Å². The summed E-state index contributed by atoms with van der Waals surface area (Å²) in [6.45, 7) is 0.250. The molecule has 21 heavy (non-hydrogen) atoms. The molecule has 0 radical (unpaired) electrons. The SMILES string of the molecule is NCc1sc2ccccc2c1S(=O)(=O)NC1CCCCC1. The molecule has 0 atom stereocenters. The number of rotatable bonds is 4. The third-order valence-corrected chi connectivity index (χ3v) is 6.97. The number of hydrogen-bond acceptors (Lipinski definition) is 4. The van der Waals surface area contributed by atoms with Crippen LogP contribution in [0.25, 0.3) is 10.1 Å². The normalized spacial score (nSPS) is 17.4. The van der Waals surface area contributed by atoms with Gasteiger partial charge in [0.15, 0.2) is 0 Å². The Bertz CT molecular complexity index is 731. The Hall–Kier alpha value is -0.950. The standard InChI is InChI=1S/C15H20N2O2S2/c16-10-14-15(12-8-4-5-9-13(12)20-14)21(18,19)17-11-6-2-1-3-7-11/h4-5,8-9,11,17H,1-3,6-7,10,16H2. The fourth-order valence-corrected chi connectivity index (χ4v) is 6.14. The van der Waals surface area contributed by atoms with Crippen LogP contribution in [0.1, 0.15) is 37.0 Å². The van der Waals surface area contributed by atoms with Gasteiger partial charge in [0, 0.05) is 27.5 Å². The predicted octanol–water partition coefficient (Wildman–Crippen LogP) is 2.97. The van der Waals surface area contributed by atoms with Crippen molar-refractivity contribution >= 4 is 31.4 Å². The van der Waals surface area contributed by atoms with Gasteiger partial charge in [-0.25, -0.2) is 13.1 Å². The molecule has 0 bridgehead atoms. The predicted molar refractivity (Wildman–Crippen MR) is 86.9 cm³/mol. The molecule has 0 aliphatic heterocycles. The zero-order valence-electron chi connectivity index (χ0n) is 11.8. The van der Waals surface area contributed by atoms with Gasteiger partial charge in [-0.1, -0.05) is 37.5 Å². The monoisotopic (exact) mass is 324 g/mol. The van der Waals surface area contributed by atoms with Crippen LogP contribution < -0.4 is 10.5 Å². The number of nitrogens with one attached hydrogen (secondary N) is 1. The number of fused-ring (bicyclic) bond motifs is 1. The van der Waals surface area contributed by atoms with Crippen molar-refractivity contribution in [2.75, 3.05) is 0 Å². The Kier molecular flexibility index (Phi) is 4.31. The lowest BCUT2D eigenvalue weighted by Gasteiger charge is -2.22. The summed E-state index contributed by atoms with van der Waals surface area (Å²) in [6.07, 6.45) is 5.26. The van der Waals surface area contributed by atoms with Gasteiger partial charge in [-0.15, -0.1) is 11.3 Å². The second kappa shape index (κ2) is 6.04. The van der Waals surface area contributed by atoms with Gasteiger partial charge >= 0.3 is 0 Å². The largest absolute Gasteiger partial charge is 0.326 e. The maximum Gasteiger partial charge on any atom is 0.242 e. The van der Waals surface area contributed by atoms with Gasteiger partial charge in [0.05, 0.1) is 0 Å². The third kappa shape index (κ3) is 2.99. The summed E-state index contributed by atoms with van der Waals surface area (Å²) >= 11 is 1.47. The van der Waals surface area contributed by atoms with Crippen LogP contribution in [0.5, 0.6) is 0 Å². The third-order valence-electron chi connectivity index (χ3n) is 4.00. The smallest absolute Gasteiger partial charge is 0.242 e. The zero-order chi connectivity index (χ0) is 14.9. The van der Waals surface area contributed by atoms with Gasteiger partial charge in [-0.2, -0.15) is 0 Å². The van der Waals surface area contributed by atoms with E-state index in [1.807, 2.05) is 24.3 Å². The molecule has 3 rings (SSSR count). The van der Waals surface area contributed by atoms with E-state index in [0.717, 1.165) is 40.6 Å². The molecule has 1 aliphatic carbocycles. The van der Waals surface area contributed by atoms with E-state index in [1.165, 1.54) is 17.8 Å². The van der Waals surface area contributed by atoms with Gasteiger partial charge in [0.1, 0.15) is 4.90 Å². The lowest BCUT2D eigenvalue weighted by Crippen LogP contribution is -2.36. The minimum atomic E-state index is -3.51. The number of thiophene rings is 1. The molecule has 0 unspecified atom stereocenters. The summed E-state index contributed by atoms with van der Waals surface area (Å²) in [7, 11) is -3.51. The van der Waals surface area contributed by atoms with Crippen molar-refractivity contribution in [2.45, 2.75) is 49.6 Å². The average Bonchev–Trinajstić information content (AvgIpc) is 2.87. The molecule has 1 aromatic carbocycles. The molecular weight excluding hydrogens is 304 g/mol. The van der Waals surface area contributed by atoms with Crippen molar-refractivity contribution in [2.24, 2.45) is 5.73 Å². The fraction of sp³-hybridized carbons (Fsp3) is 0.467. The molecule has 0 saturated heterocycles. The second-order valence-corrected chi connectivity index (χ2v) is 8.30. The Labute approximate surface area is 129 Å². The topological polar surface area (TPSA) is 72.2 Å². The molecule has 1 saturated carbocycles. The highest BCUT2D eigenvalue weighted by molar-refractivity contribution is 7.90. The van der Waals surface area contributed by atoms with Crippen LogP contribution in [0.2, 0.25) is 0 Å². The van der Waals surface area contributed by atoms with Crippen molar-refractivity contribution in [3.05, 3.63) is 29.1 Å². The van der Waals surface area contributed by atoms with Crippen LogP contribution in [0.3, 0.4) is 0 Å². The highest BCUT2D eigenvalue weighted by Crippen LogP contribution is 2.34. The molecule has 2 aromatic rings. The number of hydrogen-bond donors (Lipinski definition) is 2. The van der Waals surface area contributed by atoms with Gasteiger partial charge in [-0.05, 0) is 18.9 Å². The molecule has 6 heteroatoms. The van der Waals surface area contributed by atoms with E-state index in [4.69, 9.17) is 5.73 Å². The van der Waals surface area contributed by atoms with Gasteiger partial charge in [-0.3, -0.25) is 0 Å². The van der Waals surface area contributed by atoms with Crippen LogP contribution >= 0.6 is 11.3 Å². The minimum absolute atomic E-state index is 0.0630. The summed E-state index contributed by atoms with van der Waals surface area (Å²) in [6, 6.07) is 7.66. The Balaban J connectivity index is 2.01. The summed E-state index contributed by atoms with van der Waals surface area (Å²) in [5.41, 5.74) is 5.76. The first-order valence-electron chi connectivity index (χ1n) is 7.34. The van der Waals surface area contributed by atoms with E-state index in [9.17, 15) is 8.42 Å². The first-order valence-corrected chi connectivity index (χ1v) is 9.64. The van der Waals surface area contributed by atoms with E-state index < -0.39 is 10.0 Å². The Morgan fingerprint density at radius 2 is 1.90 bits per heavy atom. The molecule has 1 heterocycles. The van der Waals surface area contributed by atoms with Crippen molar-refractivity contribution < 1.29 is 8.42 Å². The molecule has 0 amide bonds. The first kappa shape index (κ1) is 15.0. The molecule has 1 aromatic heterocycles. The number of benzene rings is 1. The second-order valence-electron chi connectivity index (χ2n) is 5.51. The number of sulfonamides is 1. The van der Waals surface area contributed by atoms with Gasteiger partial charge in [0.25, 0.3) is 0 Å². The van der Waals surface area contributed by atoms with E-state index >= 15 is 0 Å². The van der Waals surface area contributed by atoms with E-state index in [0.29, 0.717) is 4.90 Å². The zero-order valence-corrected chi connectivity index (χ0v) is 13.5. The van der Waals surface area contributed by atoms with Gasteiger partial charge in [0.2, 0.25) is 10.0 Å². The Morgan fingerprint density at radius 1 is 1.19 bits per heavy atom. The lowest BCUT2D eigenvalue weighted by atomic mass is 9.96. The first-order chi connectivity index (χ1) is 10.1. The Morgan fingerprint density at radius 3 is 2.62 bits per heavy atom.